The van der Waals surface area contributed by atoms with Gasteiger partial charge in [-0.25, -0.2) is 8.42 Å². The van der Waals surface area contributed by atoms with E-state index in [2.05, 4.69) is 21.1 Å². The Labute approximate surface area is 112 Å². The predicted octanol–water partition coefficient (Wildman–Crippen LogP) is 2.38. The van der Waals surface area contributed by atoms with Crippen molar-refractivity contribution in [3.05, 3.63) is 34.4 Å². The molecule has 18 heavy (non-hydrogen) atoms. The molecule has 7 heteroatoms. The van der Waals surface area contributed by atoms with Gasteiger partial charge >= 0.3 is 0 Å². The lowest BCUT2D eigenvalue weighted by molar-refractivity contribution is 0.430. The summed E-state index contributed by atoms with van der Waals surface area (Å²) in [6.07, 6.45) is 1.14. The van der Waals surface area contributed by atoms with Crippen molar-refractivity contribution in [2.24, 2.45) is 0 Å². The summed E-state index contributed by atoms with van der Waals surface area (Å²) in [6, 6.07) is 8.03. The maximum absolute atomic E-state index is 11.3. The van der Waals surface area contributed by atoms with E-state index < -0.39 is 9.84 Å². The van der Waals surface area contributed by atoms with Gasteiger partial charge in [-0.2, -0.15) is 5.26 Å². The molecule has 2 rings (SSSR count). The molecule has 1 aromatic heterocycles. The first-order valence-corrected chi connectivity index (χ1v) is 7.47. The summed E-state index contributed by atoms with van der Waals surface area (Å²) >= 11 is 3.21. The lowest BCUT2D eigenvalue weighted by Crippen LogP contribution is -1.96. The zero-order valence-corrected chi connectivity index (χ0v) is 11.6. The third kappa shape index (κ3) is 2.30. The Morgan fingerprint density at radius 1 is 1.33 bits per heavy atom. The van der Waals surface area contributed by atoms with Crippen LogP contribution in [-0.4, -0.2) is 19.8 Å². The van der Waals surface area contributed by atoms with E-state index in [0.29, 0.717) is 15.8 Å². The Morgan fingerprint density at radius 2 is 1.94 bits per heavy atom. The average molecular weight is 327 g/mol. The molecule has 0 fully saturated rings. The SMILES string of the molecule is CS(=O)(=O)c1ccc(-c2onc(C#N)c2Br)cc1. The van der Waals surface area contributed by atoms with E-state index in [9.17, 15) is 8.42 Å². The number of nitrogens with zero attached hydrogens (tertiary/aromatic N) is 2. The lowest BCUT2D eigenvalue weighted by Gasteiger charge is -2.00. The molecule has 5 nitrogen and oxygen atoms in total. The van der Waals surface area contributed by atoms with E-state index in [1.807, 2.05) is 6.07 Å². The molecule has 0 unspecified atom stereocenters. The number of rotatable bonds is 2. The molecule has 0 atom stereocenters. The molecule has 0 aliphatic carbocycles. The Hall–Kier alpha value is -1.65. The minimum atomic E-state index is -3.22. The van der Waals surface area contributed by atoms with Crippen molar-refractivity contribution in [1.29, 1.82) is 5.26 Å². The van der Waals surface area contributed by atoms with Crippen molar-refractivity contribution in [1.82, 2.24) is 5.16 Å². The first-order chi connectivity index (χ1) is 8.43. The van der Waals surface area contributed by atoms with Gasteiger partial charge < -0.3 is 4.52 Å². The Morgan fingerprint density at radius 3 is 2.39 bits per heavy atom. The van der Waals surface area contributed by atoms with Crippen LogP contribution in [0.15, 0.2) is 38.2 Å². The van der Waals surface area contributed by atoms with Crippen molar-refractivity contribution in [3.63, 3.8) is 0 Å². The normalized spacial score (nSPS) is 11.2. The summed E-state index contributed by atoms with van der Waals surface area (Å²) in [4.78, 5) is 0.224. The number of aromatic nitrogens is 1. The van der Waals surface area contributed by atoms with Crippen molar-refractivity contribution in [3.8, 4) is 17.4 Å². The highest BCUT2D eigenvalue weighted by Gasteiger charge is 2.15. The van der Waals surface area contributed by atoms with Crippen LogP contribution in [-0.2, 0) is 9.84 Å². The fourth-order valence-corrected chi connectivity index (χ4v) is 2.47. The average Bonchev–Trinajstić information content (AvgIpc) is 2.69. The maximum Gasteiger partial charge on any atom is 0.198 e. The van der Waals surface area contributed by atoms with Gasteiger partial charge in [0.1, 0.15) is 10.5 Å². The van der Waals surface area contributed by atoms with E-state index in [-0.39, 0.29) is 10.6 Å². The van der Waals surface area contributed by atoms with Gasteiger partial charge in [-0.1, -0.05) is 5.16 Å². The first-order valence-electron chi connectivity index (χ1n) is 4.79. The molecule has 0 radical (unpaired) electrons. The molecule has 2 aromatic rings. The largest absolute Gasteiger partial charge is 0.354 e. The van der Waals surface area contributed by atoms with E-state index in [1.165, 1.54) is 12.1 Å². The molecule has 0 N–H and O–H groups in total. The van der Waals surface area contributed by atoms with Crippen LogP contribution in [0.5, 0.6) is 0 Å². The topological polar surface area (TPSA) is 84.0 Å². The van der Waals surface area contributed by atoms with Crippen LogP contribution in [0.25, 0.3) is 11.3 Å². The summed E-state index contributed by atoms with van der Waals surface area (Å²) in [5.74, 6) is 0.395. The predicted molar refractivity (Wildman–Crippen MR) is 67.5 cm³/mol. The van der Waals surface area contributed by atoms with E-state index in [4.69, 9.17) is 9.78 Å². The van der Waals surface area contributed by atoms with Crippen LogP contribution in [0.2, 0.25) is 0 Å². The molecule has 0 spiro atoms. The number of halogens is 1. The minimum absolute atomic E-state index is 0.150. The number of sulfone groups is 1. The van der Waals surface area contributed by atoms with Crippen LogP contribution in [0.1, 0.15) is 5.69 Å². The molecule has 0 aliphatic rings. The van der Waals surface area contributed by atoms with Crippen molar-refractivity contribution >= 4 is 25.8 Å². The molecule has 0 amide bonds. The molecule has 0 saturated heterocycles. The maximum atomic E-state index is 11.3. The smallest absolute Gasteiger partial charge is 0.198 e. The van der Waals surface area contributed by atoms with E-state index in [0.717, 1.165) is 6.26 Å². The molecule has 1 aromatic carbocycles. The quantitative estimate of drug-likeness (QED) is 0.845. The van der Waals surface area contributed by atoms with Crippen LogP contribution < -0.4 is 0 Å². The zero-order chi connectivity index (χ0) is 13.3. The zero-order valence-electron chi connectivity index (χ0n) is 9.21. The van der Waals surface area contributed by atoms with Gasteiger partial charge in [0.15, 0.2) is 21.3 Å². The second-order valence-electron chi connectivity index (χ2n) is 3.58. The summed E-state index contributed by atoms with van der Waals surface area (Å²) in [7, 11) is -3.22. The van der Waals surface area contributed by atoms with Crippen LogP contribution >= 0.6 is 15.9 Å². The summed E-state index contributed by atoms with van der Waals surface area (Å²) in [5.41, 5.74) is 0.792. The summed E-state index contributed by atoms with van der Waals surface area (Å²) < 4.78 is 28.1. The van der Waals surface area contributed by atoms with Crippen molar-refractivity contribution in [2.75, 3.05) is 6.26 Å². The third-order valence-corrected chi connectivity index (χ3v) is 4.15. The fourth-order valence-electron chi connectivity index (χ4n) is 1.38. The number of nitriles is 1. The molecule has 0 bridgehead atoms. The Balaban J connectivity index is 2.48. The highest BCUT2D eigenvalue weighted by atomic mass is 79.9. The molecule has 1 heterocycles. The second-order valence-corrected chi connectivity index (χ2v) is 6.39. The monoisotopic (exact) mass is 326 g/mol. The third-order valence-electron chi connectivity index (χ3n) is 2.29. The van der Waals surface area contributed by atoms with Gasteiger partial charge in [0, 0.05) is 11.8 Å². The van der Waals surface area contributed by atoms with Gasteiger partial charge in [-0.15, -0.1) is 0 Å². The minimum Gasteiger partial charge on any atom is -0.354 e. The van der Waals surface area contributed by atoms with Crippen molar-refractivity contribution in [2.45, 2.75) is 4.90 Å². The highest BCUT2D eigenvalue weighted by Crippen LogP contribution is 2.31. The van der Waals surface area contributed by atoms with Crippen LogP contribution in [0.3, 0.4) is 0 Å². The molecule has 0 aliphatic heterocycles. The lowest BCUT2D eigenvalue weighted by atomic mass is 10.2. The van der Waals surface area contributed by atoms with Crippen molar-refractivity contribution < 1.29 is 12.9 Å². The summed E-state index contributed by atoms with van der Waals surface area (Å²) in [5, 5.41) is 12.3. The number of hydrogen-bond donors (Lipinski definition) is 0. The Kier molecular flexibility index (Phi) is 3.24. The molecular formula is C11H7BrN2O3S. The van der Waals surface area contributed by atoms with Crippen LogP contribution in [0.4, 0.5) is 0 Å². The first kappa shape index (κ1) is 12.8. The van der Waals surface area contributed by atoms with E-state index >= 15 is 0 Å². The number of benzene rings is 1. The fraction of sp³-hybridized carbons (Fsp3) is 0.0909. The Bertz CT molecular complexity index is 727. The van der Waals surface area contributed by atoms with Gasteiger partial charge in [0.05, 0.1) is 4.90 Å². The van der Waals surface area contributed by atoms with Gasteiger partial charge in [0.2, 0.25) is 0 Å². The van der Waals surface area contributed by atoms with Gasteiger partial charge in [0.25, 0.3) is 0 Å². The summed E-state index contributed by atoms with van der Waals surface area (Å²) in [6.45, 7) is 0. The molecular weight excluding hydrogens is 320 g/mol. The standard InChI is InChI=1S/C11H7BrN2O3S/c1-18(15,16)8-4-2-7(3-5-8)11-10(12)9(6-13)14-17-11/h2-5H,1H3. The van der Waals surface area contributed by atoms with Gasteiger partial charge in [-0.05, 0) is 40.2 Å². The molecule has 92 valence electrons. The highest BCUT2D eigenvalue weighted by molar-refractivity contribution is 9.10. The second kappa shape index (κ2) is 4.55. The van der Waals surface area contributed by atoms with E-state index in [1.54, 1.807) is 12.1 Å². The van der Waals surface area contributed by atoms with Crippen LogP contribution in [0, 0.1) is 11.3 Å². The van der Waals surface area contributed by atoms with Gasteiger partial charge in [-0.3, -0.25) is 0 Å². The molecule has 0 saturated carbocycles. The number of hydrogen-bond acceptors (Lipinski definition) is 5.